The highest BCUT2D eigenvalue weighted by atomic mass is 35.5. The summed E-state index contributed by atoms with van der Waals surface area (Å²) in [4.78, 5) is 2.01. The number of benzene rings is 1. The van der Waals surface area contributed by atoms with E-state index < -0.39 is 17.5 Å². The number of likely N-dealkylation sites (tertiary alicyclic amines) is 1. The molecule has 0 spiro atoms. The quantitative estimate of drug-likeness (QED) is 0.862. The summed E-state index contributed by atoms with van der Waals surface area (Å²) >= 11 is 0. The lowest BCUT2D eigenvalue weighted by Crippen LogP contribution is -2.35. The Morgan fingerprint density at radius 2 is 1.83 bits per heavy atom. The first-order valence-corrected chi connectivity index (χ1v) is 5.69. The Morgan fingerprint density at radius 1 is 1.17 bits per heavy atom. The molecule has 2 rings (SSSR count). The van der Waals surface area contributed by atoms with Gasteiger partial charge in [-0.05, 0) is 25.5 Å². The van der Waals surface area contributed by atoms with Gasteiger partial charge in [0.15, 0.2) is 11.6 Å². The summed E-state index contributed by atoms with van der Waals surface area (Å²) in [6.07, 6.45) is 1.98. The van der Waals surface area contributed by atoms with Gasteiger partial charge in [0.2, 0.25) is 0 Å². The van der Waals surface area contributed by atoms with Gasteiger partial charge >= 0.3 is 0 Å². The van der Waals surface area contributed by atoms with Crippen LogP contribution in [0.2, 0.25) is 0 Å². The summed E-state index contributed by atoms with van der Waals surface area (Å²) in [5.41, 5.74) is 5.78. The zero-order chi connectivity index (χ0) is 12.4. The molecule has 18 heavy (non-hydrogen) atoms. The van der Waals surface area contributed by atoms with Gasteiger partial charge in [-0.3, -0.25) is 4.90 Å². The van der Waals surface area contributed by atoms with Crippen LogP contribution in [0.15, 0.2) is 12.1 Å². The van der Waals surface area contributed by atoms with Crippen molar-refractivity contribution in [3.05, 3.63) is 35.1 Å². The van der Waals surface area contributed by atoms with Gasteiger partial charge < -0.3 is 5.73 Å². The van der Waals surface area contributed by atoms with E-state index in [4.69, 9.17) is 5.73 Å². The first-order chi connectivity index (χ1) is 8.11. The molecule has 1 aliphatic rings. The van der Waals surface area contributed by atoms with E-state index in [9.17, 15) is 13.2 Å². The van der Waals surface area contributed by atoms with E-state index in [1.807, 2.05) is 4.90 Å². The van der Waals surface area contributed by atoms with E-state index in [2.05, 4.69) is 0 Å². The fraction of sp³-hybridized carbons (Fsp3) is 0.500. The highest BCUT2D eigenvalue weighted by Crippen LogP contribution is 2.21. The lowest BCUT2D eigenvalue weighted by molar-refractivity contribution is 0.246. The average molecular weight is 281 g/mol. The van der Waals surface area contributed by atoms with Crippen LogP contribution in [0, 0.1) is 17.5 Å². The lowest BCUT2D eigenvalue weighted by Gasteiger charge is -2.23. The maximum absolute atomic E-state index is 13.5. The normalized spacial score (nSPS) is 19.9. The fourth-order valence-corrected chi connectivity index (χ4v) is 2.27. The molecule has 0 saturated carbocycles. The molecular weight excluding hydrogens is 265 g/mol. The van der Waals surface area contributed by atoms with E-state index in [1.54, 1.807) is 0 Å². The molecule has 1 saturated heterocycles. The van der Waals surface area contributed by atoms with E-state index in [-0.39, 0.29) is 30.6 Å². The van der Waals surface area contributed by atoms with Crippen molar-refractivity contribution in [3.63, 3.8) is 0 Å². The second-order valence-corrected chi connectivity index (χ2v) is 4.36. The molecule has 0 radical (unpaired) electrons. The highest BCUT2D eigenvalue weighted by molar-refractivity contribution is 5.85. The Labute approximate surface area is 110 Å². The Bertz CT molecular complexity index is 415. The minimum absolute atomic E-state index is 0. The summed E-state index contributed by atoms with van der Waals surface area (Å²) in [6.45, 7) is 1.61. The molecule has 1 unspecified atom stereocenters. The van der Waals surface area contributed by atoms with Crippen molar-refractivity contribution in [2.45, 2.75) is 25.4 Å². The van der Waals surface area contributed by atoms with Crippen LogP contribution in [0.1, 0.15) is 18.4 Å². The van der Waals surface area contributed by atoms with Crippen LogP contribution in [-0.2, 0) is 6.54 Å². The van der Waals surface area contributed by atoms with Gasteiger partial charge in [0, 0.05) is 30.8 Å². The largest absolute Gasteiger partial charge is 0.329 e. The van der Waals surface area contributed by atoms with Gasteiger partial charge in [-0.1, -0.05) is 0 Å². The molecule has 1 fully saturated rings. The van der Waals surface area contributed by atoms with Crippen LogP contribution in [0.3, 0.4) is 0 Å². The SMILES string of the molecule is Cl.NCC1CCCN1Cc1cc(F)c(F)cc1F. The van der Waals surface area contributed by atoms with Crippen LogP contribution in [0.4, 0.5) is 13.2 Å². The molecular formula is C12H16ClF3N2. The lowest BCUT2D eigenvalue weighted by atomic mass is 10.1. The molecule has 1 atom stereocenters. The third kappa shape index (κ3) is 3.16. The standard InChI is InChI=1S/C12H15F3N2.ClH/c13-10-5-12(15)11(14)4-8(10)7-17-3-1-2-9(17)6-16;/h4-5,9H,1-3,6-7,16H2;1H. The van der Waals surface area contributed by atoms with Crippen LogP contribution in [-0.4, -0.2) is 24.0 Å². The molecule has 1 aromatic carbocycles. The van der Waals surface area contributed by atoms with Gasteiger partial charge in [0.1, 0.15) is 5.82 Å². The number of halogens is 4. The second-order valence-electron chi connectivity index (χ2n) is 4.36. The zero-order valence-electron chi connectivity index (χ0n) is 9.83. The van der Waals surface area contributed by atoms with Gasteiger partial charge in [0.05, 0.1) is 0 Å². The third-order valence-corrected chi connectivity index (χ3v) is 3.23. The van der Waals surface area contributed by atoms with Crippen LogP contribution in [0.25, 0.3) is 0 Å². The third-order valence-electron chi connectivity index (χ3n) is 3.23. The molecule has 2 nitrogen and oxygen atoms in total. The molecule has 2 N–H and O–H groups in total. The first-order valence-electron chi connectivity index (χ1n) is 5.69. The predicted octanol–water partition coefficient (Wildman–Crippen LogP) is 2.45. The number of nitrogens with two attached hydrogens (primary N) is 1. The van der Waals surface area contributed by atoms with E-state index >= 15 is 0 Å². The first kappa shape index (κ1) is 15.3. The van der Waals surface area contributed by atoms with Gasteiger partial charge in [-0.15, -0.1) is 12.4 Å². The Kier molecular flexibility index (Phi) is 5.44. The minimum Gasteiger partial charge on any atom is -0.329 e. The second kappa shape index (κ2) is 6.41. The van der Waals surface area contributed by atoms with Gasteiger partial charge in [-0.25, -0.2) is 13.2 Å². The molecule has 0 bridgehead atoms. The summed E-state index contributed by atoms with van der Waals surface area (Å²) in [5, 5.41) is 0. The molecule has 6 heteroatoms. The summed E-state index contributed by atoms with van der Waals surface area (Å²) < 4.78 is 39.2. The molecule has 1 aliphatic heterocycles. The maximum Gasteiger partial charge on any atom is 0.161 e. The minimum atomic E-state index is -1.15. The zero-order valence-corrected chi connectivity index (χ0v) is 10.7. The average Bonchev–Trinajstić information content (AvgIpc) is 2.73. The van der Waals surface area contributed by atoms with Crippen LogP contribution < -0.4 is 5.73 Å². The van der Waals surface area contributed by atoms with Crippen molar-refractivity contribution in [2.24, 2.45) is 5.73 Å². The molecule has 0 aliphatic carbocycles. The van der Waals surface area contributed by atoms with Crippen molar-refractivity contribution in [2.75, 3.05) is 13.1 Å². The van der Waals surface area contributed by atoms with Crippen molar-refractivity contribution in [1.29, 1.82) is 0 Å². The predicted molar refractivity (Wildman–Crippen MR) is 66.1 cm³/mol. The van der Waals surface area contributed by atoms with Gasteiger partial charge in [0.25, 0.3) is 0 Å². The number of hydrogen-bond donors (Lipinski definition) is 1. The smallest absolute Gasteiger partial charge is 0.161 e. The number of rotatable bonds is 3. The molecule has 102 valence electrons. The van der Waals surface area contributed by atoms with E-state index in [0.29, 0.717) is 12.6 Å². The van der Waals surface area contributed by atoms with Gasteiger partial charge in [-0.2, -0.15) is 0 Å². The monoisotopic (exact) mass is 280 g/mol. The Hall–Kier alpha value is -0.780. The Morgan fingerprint density at radius 3 is 2.50 bits per heavy atom. The van der Waals surface area contributed by atoms with Crippen molar-refractivity contribution in [3.8, 4) is 0 Å². The number of nitrogens with zero attached hydrogens (tertiary/aromatic N) is 1. The number of hydrogen-bond acceptors (Lipinski definition) is 2. The van der Waals surface area contributed by atoms with Crippen molar-refractivity contribution in [1.82, 2.24) is 4.90 Å². The summed E-state index contributed by atoms with van der Waals surface area (Å²) in [5.74, 6) is -2.86. The fourth-order valence-electron chi connectivity index (χ4n) is 2.27. The van der Waals surface area contributed by atoms with Crippen LogP contribution in [0.5, 0.6) is 0 Å². The molecule has 1 heterocycles. The highest BCUT2D eigenvalue weighted by Gasteiger charge is 2.24. The maximum atomic E-state index is 13.5. The van der Waals surface area contributed by atoms with Crippen LogP contribution >= 0.6 is 12.4 Å². The molecule has 1 aromatic rings. The Balaban J connectivity index is 0.00000162. The van der Waals surface area contributed by atoms with E-state index in [0.717, 1.165) is 25.5 Å². The van der Waals surface area contributed by atoms with Crippen molar-refractivity contribution >= 4 is 12.4 Å². The van der Waals surface area contributed by atoms with Crippen molar-refractivity contribution < 1.29 is 13.2 Å². The summed E-state index contributed by atoms with van der Waals surface area (Å²) in [6, 6.07) is 1.73. The van der Waals surface area contributed by atoms with E-state index in [1.165, 1.54) is 0 Å². The summed E-state index contributed by atoms with van der Waals surface area (Å²) in [7, 11) is 0. The topological polar surface area (TPSA) is 29.3 Å². The molecule has 0 amide bonds. The molecule has 0 aromatic heterocycles.